The van der Waals surface area contributed by atoms with Gasteiger partial charge in [0, 0.05) is 12.7 Å². The third kappa shape index (κ3) is 4.89. The second-order valence-electron chi connectivity index (χ2n) is 10.9. The average Bonchev–Trinajstić information content (AvgIpc) is 3.20. The summed E-state index contributed by atoms with van der Waals surface area (Å²) in [5.74, 6) is 0.683. The van der Waals surface area contributed by atoms with Gasteiger partial charge in [0.1, 0.15) is 28.4 Å². The van der Waals surface area contributed by atoms with E-state index in [-0.39, 0.29) is 11.5 Å². The van der Waals surface area contributed by atoms with Crippen LogP contribution in [0.1, 0.15) is 52.8 Å². The number of morpholine rings is 1. The molecule has 2 aliphatic heterocycles. The third-order valence-electron chi connectivity index (χ3n) is 6.99. The minimum atomic E-state index is -4.51. The van der Waals surface area contributed by atoms with Gasteiger partial charge in [0.25, 0.3) is 0 Å². The molecule has 0 N–H and O–H groups in total. The smallest absolute Gasteiger partial charge is 0.417 e. The topological polar surface area (TPSA) is 84.0 Å². The first-order valence-electron chi connectivity index (χ1n) is 12.3. The van der Waals surface area contributed by atoms with Crippen molar-refractivity contribution in [1.29, 1.82) is 0 Å². The van der Waals surface area contributed by atoms with Crippen LogP contribution in [0, 0.1) is 0 Å². The van der Waals surface area contributed by atoms with Gasteiger partial charge in [0.15, 0.2) is 5.84 Å². The van der Waals surface area contributed by atoms with Crippen molar-refractivity contribution in [3.63, 3.8) is 0 Å². The Kier molecular flexibility index (Phi) is 6.84. The summed E-state index contributed by atoms with van der Waals surface area (Å²) in [6.07, 6.45) is -0.701. The van der Waals surface area contributed by atoms with E-state index in [1.54, 1.807) is 11.0 Å². The second-order valence-corrected chi connectivity index (χ2v) is 10.9. The molecule has 0 bridgehead atoms. The van der Waals surface area contributed by atoms with Crippen LogP contribution < -0.4 is 0 Å². The van der Waals surface area contributed by atoms with E-state index in [1.165, 1.54) is 16.7 Å². The van der Waals surface area contributed by atoms with Crippen LogP contribution in [0.2, 0.25) is 0 Å². The van der Waals surface area contributed by atoms with E-state index in [0.717, 1.165) is 12.3 Å². The second kappa shape index (κ2) is 9.40. The fourth-order valence-corrected chi connectivity index (χ4v) is 4.82. The molecule has 2 aromatic rings. The molecule has 0 unspecified atom stereocenters. The number of alkyl halides is 3. The summed E-state index contributed by atoms with van der Waals surface area (Å²) in [4.78, 5) is 29.2. The molecule has 0 atom stereocenters. The van der Waals surface area contributed by atoms with Gasteiger partial charge < -0.3 is 19.3 Å². The number of aliphatic imine (C=N–C) groups is 2. The summed E-state index contributed by atoms with van der Waals surface area (Å²) in [5, 5.41) is 0. The summed E-state index contributed by atoms with van der Waals surface area (Å²) in [7, 11) is 0. The number of allylic oxidation sites excluding steroid dienone is 1. The number of ether oxygens (including phenoxy) is 2. The van der Waals surface area contributed by atoms with Crippen molar-refractivity contribution in [1.82, 2.24) is 19.2 Å². The lowest BCUT2D eigenvalue weighted by Crippen LogP contribution is -2.79. The van der Waals surface area contributed by atoms with E-state index in [0.29, 0.717) is 37.7 Å². The number of amidine groups is 1. The van der Waals surface area contributed by atoms with Gasteiger partial charge in [-0.25, -0.2) is 19.8 Å². The number of pyridine rings is 1. The first-order chi connectivity index (χ1) is 17.6. The molecule has 1 amide bonds. The van der Waals surface area contributed by atoms with Crippen molar-refractivity contribution >= 4 is 24.3 Å². The SMILES string of the molecule is C=NC(=N/C(=C\C)N1CCOC2(CN(C(=O)OC(C)(C)C)C2)C1(C)C)c1cnc2ccc(C(F)(F)F)cn12. The summed E-state index contributed by atoms with van der Waals surface area (Å²) in [6, 6.07) is 2.28. The molecule has 2 aromatic heterocycles. The van der Waals surface area contributed by atoms with Crippen molar-refractivity contribution in [3.8, 4) is 0 Å². The van der Waals surface area contributed by atoms with E-state index >= 15 is 0 Å². The number of carbonyl (C=O) groups excluding carboxylic acids is 1. The molecule has 206 valence electrons. The number of carbonyl (C=O) groups is 1. The molecule has 2 saturated heterocycles. The Bertz CT molecular complexity index is 1300. The lowest BCUT2D eigenvalue weighted by molar-refractivity contribution is -0.231. The highest BCUT2D eigenvalue weighted by atomic mass is 19.4. The molecule has 2 aliphatic rings. The first-order valence-corrected chi connectivity index (χ1v) is 12.3. The summed E-state index contributed by atoms with van der Waals surface area (Å²) in [5.41, 5.74) is -2.05. The van der Waals surface area contributed by atoms with Crippen LogP contribution in [0.25, 0.3) is 5.65 Å². The highest BCUT2D eigenvalue weighted by Crippen LogP contribution is 2.44. The van der Waals surface area contributed by atoms with Crippen molar-refractivity contribution in [2.75, 3.05) is 26.2 Å². The largest absolute Gasteiger partial charge is 0.444 e. The quantitative estimate of drug-likeness (QED) is 0.419. The van der Waals surface area contributed by atoms with Crippen LogP contribution in [0.4, 0.5) is 18.0 Å². The minimum Gasteiger partial charge on any atom is -0.444 e. The number of amides is 1. The Morgan fingerprint density at radius 2 is 1.92 bits per heavy atom. The third-order valence-corrected chi connectivity index (χ3v) is 6.99. The van der Waals surface area contributed by atoms with Crippen LogP contribution in [-0.2, 0) is 15.7 Å². The van der Waals surface area contributed by atoms with Crippen molar-refractivity contribution < 1.29 is 27.4 Å². The van der Waals surface area contributed by atoms with Crippen LogP contribution in [0.3, 0.4) is 0 Å². The van der Waals surface area contributed by atoms with Crippen LogP contribution in [0.5, 0.6) is 0 Å². The first kappa shape index (κ1) is 27.6. The zero-order valence-electron chi connectivity index (χ0n) is 22.5. The molecule has 0 saturated carbocycles. The number of aromatic nitrogens is 2. The van der Waals surface area contributed by atoms with E-state index in [9.17, 15) is 18.0 Å². The van der Waals surface area contributed by atoms with Gasteiger partial charge >= 0.3 is 12.3 Å². The lowest BCUT2D eigenvalue weighted by Gasteiger charge is -2.63. The number of likely N-dealkylation sites (tertiary alicyclic amines) is 1. The number of nitrogens with zero attached hydrogens (tertiary/aromatic N) is 6. The standard InChI is InChI=1S/C26H33F3N6O3/c1-8-19(32-21(30-7)18-13-31-20-10-9-17(14-34(18)20)26(27,28)29)35-11-12-37-25(24(35,5)6)15-33(16-25)22(36)38-23(2,3)4/h8-10,13-14H,7,11-12,15-16H2,1-6H3/b19-8+,32-21?. The molecular formula is C26H33F3N6O3. The molecule has 0 aromatic carbocycles. The van der Waals surface area contributed by atoms with Gasteiger partial charge in [-0.2, -0.15) is 13.2 Å². The number of hydrogen-bond donors (Lipinski definition) is 0. The number of imidazole rings is 1. The van der Waals surface area contributed by atoms with Gasteiger partial charge in [-0.05, 0) is 66.5 Å². The normalized spacial score (nSPS) is 20.0. The van der Waals surface area contributed by atoms with Gasteiger partial charge in [-0.1, -0.05) is 0 Å². The Morgan fingerprint density at radius 1 is 1.24 bits per heavy atom. The highest BCUT2D eigenvalue weighted by Gasteiger charge is 2.61. The van der Waals surface area contributed by atoms with Crippen molar-refractivity contribution in [2.24, 2.45) is 9.98 Å². The lowest BCUT2D eigenvalue weighted by atomic mass is 9.74. The Hall–Kier alpha value is -3.41. The van der Waals surface area contributed by atoms with E-state index in [2.05, 4.69) is 21.6 Å². The van der Waals surface area contributed by atoms with Crippen molar-refractivity contribution in [2.45, 2.75) is 64.5 Å². The monoisotopic (exact) mass is 534 g/mol. The fourth-order valence-electron chi connectivity index (χ4n) is 4.82. The van der Waals surface area contributed by atoms with E-state index in [4.69, 9.17) is 14.5 Å². The molecule has 1 spiro atoms. The minimum absolute atomic E-state index is 0.130. The molecule has 9 nitrogen and oxygen atoms in total. The molecule has 0 radical (unpaired) electrons. The Balaban J connectivity index is 1.63. The molecule has 4 rings (SSSR count). The van der Waals surface area contributed by atoms with Crippen molar-refractivity contribution in [3.05, 3.63) is 47.7 Å². The summed E-state index contributed by atoms with van der Waals surface area (Å²) in [6.45, 7) is 16.5. The molecule has 4 heterocycles. The molecule has 0 aliphatic carbocycles. The molecule has 38 heavy (non-hydrogen) atoms. The molecule has 12 heteroatoms. The van der Waals surface area contributed by atoms with E-state index in [1.807, 2.05) is 41.5 Å². The maximum atomic E-state index is 13.3. The maximum Gasteiger partial charge on any atom is 0.417 e. The number of fused-ring (bicyclic) bond motifs is 1. The number of rotatable bonds is 3. The Morgan fingerprint density at radius 3 is 2.50 bits per heavy atom. The van der Waals surface area contributed by atoms with Gasteiger partial charge in [0.2, 0.25) is 0 Å². The van der Waals surface area contributed by atoms with Gasteiger partial charge in [-0.3, -0.25) is 4.40 Å². The average molecular weight is 535 g/mol. The summed E-state index contributed by atoms with van der Waals surface area (Å²) >= 11 is 0. The highest BCUT2D eigenvalue weighted by molar-refractivity contribution is 6.01. The van der Waals surface area contributed by atoms with Gasteiger partial charge in [-0.15, -0.1) is 0 Å². The van der Waals surface area contributed by atoms with Gasteiger partial charge in [0.05, 0.1) is 37.0 Å². The predicted molar refractivity (Wildman–Crippen MR) is 137 cm³/mol. The molecule has 2 fully saturated rings. The fraction of sp³-hybridized carbons (Fsp3) is 0.538. The summed E-state index contributed by atoms with van der Waals surface area (Å²) < 4.78 is 53.1. The van der Waals surface area contributed by atoms with Crippen LogP contribution in [-0.4, -0.2) is 80.8 Å². The zero-order valence-corrected chi connectivity index (χ0v) is 22.5. The van der Waals surface area contributed by atoms with Crippen LogP contribution >= 0.6 is 0 Å². The van der Waals surface area contributed by atoms with E-state index < -0.39 is 34.6 Å². The number of halogens is 3. The van der Waals surface area contributed by atoms with Crippen LogP contribution in [0.15, 0.2) is 46.4 Å². The Labute approximate surface area is 219 Å². The zero-order chi connectivity index (χ0) is 28.1. The number of hydrogen-bond acceptors (Lipinski definition) is 6. The predicted octanol–water partition coefficient (Wildman–Crippen LogP) is 4.76. The maximum absolute atomic E-state index is 13.3. The molecular weight excluding hydrogens is 501 g/mol.